The lowest BCUT2D eigenvalue weighted by Crippen LogP contribution is -2.40. The fourth-order valence-electron chi connectivity index (χ4n) is 2.69. The van der Waals surface area contributed by atoms with Crippen LogP contribution in [-0.4, -0.2) is 30.6 Å². The first-order valence-corrected chi connectivity index (χ1v) is 7.27. The highest BCUT2D eigenvalue weighted by Crippen LogP contribution is 2.36. The number of hydrogen-bond acceptors (Lipinski definition) is 2. The summed E-state index contributed by atoms with van der Waals surface area (Å²) in [5.74, 6) is 0.605. The first-order valence-electron chi connectivity index (χ1n) is 7.27. The van der Waals surface area contributed by atoms with Crippen LogP contribution >= 0.6 is 0 Å². The Morgan fingerprint density at radius 2 is 1.76 bits per heavy atom. The molecular weight excluding hydrogens is 208 g/mol. The van der Waals surface area contributed by atoms with Gasteiger partial charge in [0.05, 0.1) is 0 Å². The lowest BCUT2D eigenvalue weighted by atomic mass is 9.75. The molecule has 2 nitrogen and oxygen atoms in total. The van der Waals surface area contributed by atoms with Gasteiger partial charge in [0, 0.05) is 12.1 Å². The van der Waals surface area contributed by atoms with Crippen LogP contribution in [0.15, 0.2) is 0 Å². The second kappa shape index (κ2) is 6.19. The summed E-state index contributed by atoms with van der Waals surface area (Å²) in [5, 5.41) is 0. The van der Waals surface area contributed by atoms with Crippen molar-refractivity contribution >= 4 is 0 Å². The van der Waals surface area contributed by atoms with E-state index in [1.54, 1.807) is 0 Å². The average Bonchev–Trinajstić information content (AvgIpc) is 2.25. The minimum atomic E-state index is 0.359. The van der Waals surface area contributed by atoms with Gasteiger partial charge in [-0.1, -0.05) is 27.7 Å². The summed E-state index contributed by atoms with van der Waals surface area (Å²) < 4.78 is 0. The van der Waals surface area contributed by atoms with Gasteiger partial charge >= 0.3 is 0 Å². The molecule has 0 radical (unpaired) electrons. The first-order chi connectivity index (χ1) is 7.82. The molecule has 0 amide bonds. The zero-order chi connectivity index (χ0) is 13.1. The third-order valence-corrected chi connectivity index (χ3v) is 4.60. The van der Waals surface area contributed by atoms with Crippen LogP contribution in [0.5, 0.6) is 0 Å². The van der Waals surface area contributed by atoms with Crippen molar-refractivity contribution in [2.24, 2.45) is 17.1 Å². The molecule has 1 aliphatic carbocycles. The van der Waals surface area contributed by atoms with Crippen molar-refractivity contribution in [3.8, 4) is 0 Å². The molecule has 0 bridgehead atoms. The van der Waals surface area contributed by atoms with Crippen molar-refractivity contribution in [3.63, 3.8) is 0 Å². The highest BCUT2D eigenvalue weighted by Gasteiger charge is 2.28. The molecule has 102 valence electrons. The molecule has 0 saturated heterocycles. The van der Waals surface area contributed by atoms with Gasteiger partial charge in [-0.2, -0.15) is 0 Å². The van der Waals surface area contributed by atoms with Crippen molar-refractivity contribution in [1.29, 1.82) is 0 Å². The molecule has 1 fully saturated rings. The summed E-state index contributed by atoms with van der Waals surface area (Å²) >= 11 is 0. The number of hydrogen-bond donors (Lipinski definition) is 1. The number of nitrogens with zero attached hydrogens (tertiary/aromatic N) is 1. The number of nitrogens with two attached hydrogens (primary N) is 1. The van der Waals surface area contributed by atoms with E-state index < -0.39 is 0 Å². The molecule has 0 heterocycles. The van der Waals surface area contributed by atoms with Crippen LogP contribution in [0.4, 0.5) is 0 Å². The molecule has 1 aliphatic rings. The molecule has 1 atom stereocenters. The smallest absolute Gasteiger partial charge is 0.00926 e. The molecular formula is C15H32N2. The van der Waals surface area contributed by atoms with Crippen LogP contribution < -0.4 is 5.73 Å². The molecule has 17 heavy (non-hydrogen) atoms. The molecule has 0 spiro atoms. The van der Waals surface area contributed by atoms with Crippen LogP contribution in [0.25, 0.3) is 0 Å². The third-order valence-electron chi connectivity index (χ3n) is 4.60. The predicted octanol–water partition coefficient (Wildman–Crippen LogP) is 3.26. The highest BCUT2D eigenvalue weighted by molar-refractivity contribution is 4.83. The van der Waals surface area contributed by atoms with Crippen molar-refractivity contribution in [1.82, 2.24) is 4.90 Å². The second-order valence-electron chi connectivity index (χ2n) is 7.07. The standard InChI is InChI=1S/C15H32N2/c1-12(2)14(16)8-11-17(5)13-6-9-15(3,4)10-7-13/h12-14H,6-11,16H2,1-5H3. The maximum absolute atomic E-state index is 6.11. The lowest BCUT2D eigenvalue weighted by molar-refractivity contribution is 0.124. The Kier molecular flexibility index (Phi) is 5.46. The van der Waals surface area contributed by atoms with E-state index in [0.29, 0.717) is 17.4 Å². The molecule has 1 rings (SSSR count). The lowest BCUT2D eigenvalue weighted by Gasteiger charge is -2.39. The maximum atomic E-state index is 6.11. The Labute approximate surface area is 108 Å². The van der Waals surface area contributed by atoms with E-state index in [1.165, 1.54) is 25.7 Å². The molecule has 0 aliphatic heterocycles. The average molecular weight is 240 g/mol. The SMILES string of the molecule is CC(C)C(N)CCN(C)C1CCC(C)(C)CC1. The first kappa shape index (κ1) is 15.0. The Morgan fingerprint density at radius 1 is 1.24 bits per heavy atom. The Hall–Kier alpha value is -0.0800. The van der Waals surface area contributed by atoms with Crippen LogP contribution in [-0.2, 0) is 0 Å². The predicted molar refractivity (Wildman–Crippen MR) is 76.1 cm³/mol. The zero-order valence-corrected chi connectivity index (χ0v) is 12.5. The minimum absolute atomic E-state index is 0.359. The van der Waals surface area contributed by atoms with Crippen molar-refractivity contribution in [3.05, 3.63) is 0 Å². The van der Waals surface area contributed by atoms with Gasteiger partial charge in [0.2, 0.25) is 0 Å². The summed E-state index contributed by atoms with van der Waals surface area (Å²) in [4.78, 5) is 2.54. The van der Waals surface area contributed by atoms with Gasteiger partial charge in [-0.3, -0.25) is 0 Å². The molecule has 0 aromatic heterocycles. The van der Waals surface area contributed by atoms with Crippen molar-refractivity contribution in [2.45, 2.75) is 71.9 Å². The summed E-state index contributed by atoms with van der Waals surface area (Å²) in [7, 11) is 2.27. The highest BCUT2D eigenvalue weighted by atomic mass is 15.1. The molecule has 0 aromatic rings. The van der Waals surface area contributed by atoms with Gasteiger partial charge < -0.3 is 10.6 Å². The van der Waals surface area contributed by atoms with E-state index in [9.17, 15) is 0 Å². The van der Waals surface area contributed by atoms with Gasteiger partial charge in [-0.15, -0.1) is 0 Å². The Morgan fingerprint density at radius 3 is 2.24 bits per heavy atom. The molecule has 2 heteroatoms. The van der Waals surface area contributed by atoms with Crippen LogP contribution in [0.3, 0.4) is 0 Å². The number of rotatable bonds is 5. The van der Waals surface area contributed by atoms with Crippen molar-refractivity contribution in [2.75, 3.05) is 13.6 Å². The zero-order valence-electron chi connectivity index (χ0n) is 12.5. The third kappa shape index (κ3) is 4.97. The summed E-state index contributed by atoms with van der Waals surface area (Å²) in [5.41, 5.74) is 6.69. The van der Waals surface area contributed by atoms with Gasteiger partial charge in [0.15, 0.2) is 0 Å². The quantitative estimate of drug-likeness (QED) is 0.799. The maximum Gasteiger partial charge on any atom is 0.00926 e. The molecule has 2 N–H and O–H groups in total. The van der Waals surface area contributed by atoms with Crippen LogP contribution in [0.2, 0.25) is 0 Å². The van der Waals surface area contributed by atoms with Gasteiger partial charge in [-0.05, 0) is 57.0 Å². The van der Waals surface area contributed by atoms with E-state index >= 15 is 0 Å². The Balaban J connectivity index is 2.27. The van der Waals surface area contributed by atoms with Crippen LogP contribution in [0.1, 0.15) is 59.8 Å². The van der Waals surface area contributed by atoms with E-state index in [4.69, 9.17) is 5.73 Å². The summed E-state index contributed by atoms with van der Waals surface area (Å²) in [6.07, 6.45) is 6.60. The molecule has 0 aromatic carbocycles. The second-order valence-corrected chi connectivity index (χ2v) is 7.07. The molecule has 1 saturated carbocycles. The van der Waals surface area contributed by atoms with E-state index in [1.807, 2.05) is 0 Å². The topological polar surface area (TPSA) is 29.3 Å². The van der Waals surface area contributed by atoms with E-state index in [-0.39, 0.29) is 0 Å². The monoisotopic (exact) mass is 240 g/mol. The van der Waals surface area contributed by atoms with Gasteiger partial charge in [0.25, 0.3) is 0 Å². The Bertz CT molecular complexity index is 213. The normalized spacial score (nSPS) is 23.3. The van der Waals surface area contributed by atoms with Gasteiger partial charge in [0.1, 0.15) is 0 Å². The van der Waals surface area contributed by atoms with E-state index in [0.717, 1.165) is 19.0 Å². The minimum Gasteiger partial charge on any atom is -0.327 e. The molecule has 1 unspecified atom stereocenters. The fourth-order valence-corrected chi connectivity index (χ4v) is 2.69. The van der Waals surface area contributed by atoms with Gasteiger partial charge in [-0.25, -0.2) is 0 Å². The fraction of sp³-hybridized carbons (Fsp3) is 1.00. The van der Waals surface area contributed by atoms with Crippen LogP contribution in [0, 0.1) is 11.3 Å². The van der Waals surface area contributed by atoms with E-state index in [2.05, 4.69) is 39.6 Å². The summed E-state index contributed by atoms with van der Waals surface area (Å²) in [6.45, 7) is 10.4. The largest absolute Gasteiger partial charge is 0.327 e. The van der Waals surface area contributed by atoms with Crippen molar-refractivity contribution < 1.29 is 0 Å². The summed E-state index contributed by atoms with van der Waals surface area (Å²) in [6, 6.07) is 1.15.